The first-order valence-electron chi connectivity index (χ1n) is 2.75. The smallest absolute Gasteiger partial charge is 0.320 e. The summed E-state index contributed by atoms with van der Waals surface area (Å²) < 4.78 is 9.36. The van der Waals surface area contributed by atoms with Gasteiger partial charge in [-0.25, -0.2) is 0 Å². The topological polar surface area (TPSA) is 35.5 Å². The third-order valence-corrected chi connectivity index (χ3v) is 1.42. The number of rotatable bonds is 4. The average Bonchev–Trinajstić information content (AvgIpc) is 1.98. The zero-order chi connectivity index (χ0) is 7.82. The van der Waals surface area contributed by atoms with Crippen molar-refractivity contribution >= 4 is 35.8 Å². The Morgan fingerprint density at radius 1 is 1.80 bits per heavy atom. The van der Waals surface area contributed by atoms with Crippen molar-refractivity contribution in [1.29, 1.82) is 0 Å². The molecule has 0 aliphatic carbocycles. The van der Waals surface area contributed by atoms with Crippen LogP contribution < -0.4 is 0 Å². The average molecular weight is 182 g/mol. The van der Waals surface area contributed by atoms with Gasteiger partial charge in [0.25, 0.3) is 0 Å². The largest absolute Gasteiger partial charge is 0.426 e. The lowest BCUT2D eigenvalue weighted by molar-refractivity contribution is -0.131. The number of ether oxygens (including phenoxy) is 1. The van der Waals surface area contributed by atoms with E-state index in [1.165, 1.54) is 5.55 Å². The molecule has 0 unspecified atom stereocenters. The van der Waals surface area contributed by atoms with Crippen molar-refractivity contribution in [3.05, 3.63) is 0 Å². The van der Waals surface area contributed by atoms with E-state index >= 15 is 0 Å². The first kappa shape index (κ1) is 10.0. The van der Waals surface area contributed by atoms with Gasteiger partial charge in [-0.05, 0) is 18.6 Å². The maximum Gasteiger partial charge on any atom is 0.320 e. The molecule has 0 aliphatic rings. The van der Waals surface area contributed by atoms with E-state index in [0.717, 1.165) is 0 Å². The summed E-state index contributed by atoms with van der Waals surface area (Å²) in [4.78, 5) is 10.4. The predicted molar refractivity (Wildman–Crippen MR) is 46.6 cm³/mol. The number of carbonyl (C=O) groups is 1. The molecule has 0 bridgehead atoms. The SMILES string of the molecule is CCO[SH]=COC(=O)CS. The molecule has 10 heavy (non-hydrogen) atoms. The van der Waals surface area contributed by atoms with Gasteiger partial charge in [0.05, 0.1) is 12.4 Å². The second kappa shape index (κ2) is 7.11. The molecule has 0 saturated heterocycles. The molecule has 0 heterocycles. The molecule has 0 amide bonds. The van der Waals surface area contributed by atoms with E-state index in [1.54, 1.807) is 0 Å². The van der Waals surface area contributed by atoms with E-state index in [4.69, 9.17) is 4.18 Å². The molecule has 0 aromatic rings. The van der Waals surface area contributed by atoms with E-state index < -0.39 is 0 Å². The Morgan fingerprint density at radius 3 is 3.00 bits per heavy atom. The van der Waals surface area contributed by atoms with Gasteiger partial charge >= 0.3 is 5.97 Å². The fourth-order valence-electron chi connectivity index (χ4n) is 0.223. The van der Waals surface area contributed by atoms with Gasteiger partial charge < -0.3 is 8.92 Å². The molecule has 0 atom stereocenters. The first-order chi connectivity index (χ1) is 4.81. The van der Waals surface area contributed by atoms with Crippen LogP contribution in [0.1, 0.15) is 6.92 Å². The molecule has 0 aromatic carbocycles. The van der Waals surface area contributed by atoms with Crippen LogP contribution >= 0.6 is 24.3 Å². The highest BCUT2D eigenvalue weighted by atomic mass is 32.2. The molecule has 0 spiro atoms. The molecule has 60 valence electrons. The van der Waals surface area contributed by atoms with Gasteiger partial charge in [0.2, 0.25) is 0 Å². The number of hydrogen-bond acceptors (Lipinski definition) is 4. The molecule has 0 aromatic heterocycles. The van der Waals surface area contributed by atoms with Gasteiger partial charge in [0.1, 0.15) is 5.55 Å². The summed E-state index contributed by atoms with van der Waals surface area (Å²) in [5.74, 6) is -0.270. The predicted octanol–water partition coefficient (Wildman–Crippen LogP) is 0.636. The van der Waals surface area contributed by atoms with Crippen LogP contribution in [-0.2, 0) is 13.7 Å². The zero-order valence-electron chi connectivity index (χ0n) is 5.61. The van der Waals surface area contributed by atoms with Gasteiger partial charge in [-0.15, -0.1) is 0 Å². The molecule has 0 fully saturated rings. The van der Waals surface area contributed by atoms with E-state index in [2.05, 4.69) is 17.4 Å². The summed E-state index contributed by atoms with van der Waals surface area (Å²) in [6.07, 6.45) is 0. The van der Waals surface area contributed by atoms with Crippen LogP contribution in [0.15, 0.2) is 0 Å². The Kier molecular flexibility index (Phi) is 7.11. The van der Waals surface area contributed by atoms with Gasteiger partial charge in [-0.2, -0.15) is 12.6 Å². The minimum Gasteiger partial charge on any atom is -0.426 e. The summed E-state index contributed by atoms with van der Waals surface area (Å²) in [5.41, 5.74) is 1.29. The Balaban J connectivity index is 3.25. The Morgan fingerprint density at radius 2 is 2.50 bits per heavy atom. The van der Waals surface area contributed by atoms with Crippen LogP contribution in [0.2, 0.25) is 0 Å². The summed E-state index contributed by atoms with van der Waals surface area (Å²) >= 11 is 4.26. The van der Waals surface area contributed by atoms with Crippen LogP contribution in [0.25, 0.3) is 0 Å². The third-order valence-electron chi connectivity index (χ3n) is 0.560. The van der Waals surface area contributed by atoms with Crippen molar-refractivity contribution in [1.82, 2.24) is 0 Å². The van der Waals surface area contributed by atoms with Gasteiger partial charge in [-0.1, -0.05) is 0 Å². The lowest BCUT2D eigenvalue weighted by atomic mass is 10.8. The maximum atomic E-state index is 10.4. The van der Waals surface area contributed by atoms with E-state index in [1.807, 2.05) is 6.92 Å². The van der Waals surface area contributed by atoms with Gasteiger partial charge in [0.15, 0.2) is 0 Å². The van der Waals surface area contributed by atoms with Crippen molar-refractivity contribution in [3.8, 4) is 0 Å². The molecule has 0 rings (SSSR count). The molecule has 0 aliphatic heterocycles. The second-order valence-corrected chi connectivity index (χ2v) is 2.27. The van der Waals surface area contributed by atoms with E-state index in [-0.39, 0.29) is 11.7 Å². The number of carbonyl (C=O) groups excluding carboxylic acids is 1. The molecule has 5 heteroatoms. The van der Waals surface area contributed by atoms with Crippen LogP contribution in [0, 0.1) is 0 Å². The summed E-state index contributed by atoms with van der Waals surface area (Å²) in [5, 5.41) is 0. The molecule has 3 nitrogen and oxygen atoms in total. The molecular formula is C5H10O3S2. The number of esters is 1. The summed E-state index contributed by atoms with van der Waals surface area (Å²) in [6.45, 7) is 2.47. The number of hydrogen-bond donors (Lipinski definition) is 2. The Bertz CT molecular complexity index is 124. The summed E-state index contributed by atoms with van der Waals surface area (Å²) in [7, 11) is 0. The first-order valence-corrected chi connectivity index (χ1v) is 4.26. The van der Waals surface area contributed by atoms with Crippen molar-refractivity contribution in [2.24, 2.45) is 0 Å². The highest BCUT2D eigenvalue weighted by molar-refractivity contribution is 7.92. The normalized spacial score (nSPS) is 11.0. The standard InChI is InChI=1S/C5H10O3S2/c1-2-8-10-4-7-5(6)3-9/h4,9-10H,2-3H2,1H3. The van der Waals surface area contributed by atoms with Gasteiger partial charge in [0, 0.05) is 0 Å². The minimum atomic E-state index is -0.365. The highest BCUT2D eigenvalue weighted by Gasteiger charge is 1.92. The van der Waals surface area contributed by atoms with Crippen LogP contribution in [0.3, 0.4) is 0 Å². The Labute approximate surface area is 69.3 Å². The molecule has 0 N–H and O–H groups in total. The molecular weight excluding hydrogens is 172 g/mol. The molecule has 0 saturated carbocycles. The summed E-state index contributed by atoms with van der Waals surface area (Å²) in [6, 6.07) is 0. The van der Waals surface area contributed by atoms with Crippen LogP contribution in [-0.4, -0.2) is 23.9 Å². The quantitative estimate of drug-likeness (QED) is 0.380. The minimum absolute atomic E-state index is 0.0954. The van der Waals surface area contributed by atoms with Crippen LogP contribution in [0.5, 0.6) is 0 Å². The Hall–Kier alpha value is -0.0000000000000000555. The zero-order valence-corrected chi connectivity index (χ0v) is 7.40. The van der Waals surface area contributed by atoms with Crippen molar-refractivity contribution in [3.63, 3.8) is 0 Å². The fourth-order valence-corrected chi connectivity index (χ4v) is 0.668. The highest BCUT2D eigenvalue weighted by Crippen LogP contribution is 1.87. The van der Waals surface area contributed by atoms with E-state index in [0.29, 0.717) is 18.2 Å². The molecule has 0 radical (unpaired) electrons. The fraction of sp³-hybridized carbons (Fsp3) is 0.600. The lowest BCUT2D eigenvalue weighted by Gasteiger charge is -1.92. The van der Waals surface area contributed by atoms with Gasteiger partial charge in [-0.3, -0.25) is 4.79 Å². The van der Waals surface area contributed by atoms with Crippen molar-refractivity contribution in [2.75, 3.05) is 12.4 Å². The maximum absolute atomic E-state index is 10.4. The monoisotopic (exact) mass is 182 g/mol. The number of thiol groups is 2. The second-order valence-electron chi connectivity index (χ2n) is 1.28. The van der Waals surface area contributed by atoms with Crippen molar-refractivity contribution in [2.45, 2.75) is 6.92 Å². The lowest BCUT2D eigenvalue weighted by Crippen LogP contribution is -2.02. The van der Waals surface area contributed by atoms with E-state index in [9.17, 15) is 4.79 Å². The van der Waals surface area contributed by atoms with Crippen LogP contribution in [0.4, 0.5) is 0 Å². The van der Waals surface area contributed by atoms with Crippen molar-refractivity contribution < 1.29 is 13.7 Å². The third kappa shape index (κ3) is 6.12.